The number of aryl methyl sites for hydroxylation is 4. The molecule has 2 aliphatic rings. The Morgan fingerprint density at radius 3 is 1.21 bits per heavy atom. The first-order valence-corrected chi connectivity index (χ1v) is 27.6. The average molecular weight is 823 g/mol. The summed E-state index contributed by atoms with van der Waals surface area (Å²) < 4.78 is 0. The number of benzene rings is 4. The Morgan fingerprint density at radius 2 is 0.885 bits per heavy atom. The number of rotatable bonds is 6. The summed E-state index contributed by atoms with van der Waals surface area (Å²) in [5.41, 5.74) is 13.9. The molecule has 0 amide bonds. The molecule has 6 aromatic rings. The van der Waals surface area contributed by atoms with Gasteiger partial charge < -0.3 is 0 Å². The van der Waals surface area contributed by atoms with Crippen molar-refractivity contribution in [2.24, 2.45) is 11.8 Å². The standard InChI is InChI=1S/2C23H25.C2H6Si.2ClH.Zr/c2*1-16-10-17(2)12-21(11-16)22-9-5-8-20-14-19(15-23(20)22)13-18-6-3-4-7-18;1-3-2;;;/h2*5,8-12,14-15,18H,3-4,6-7,13H2,1-2H3;1-2H3;2*1H;/q2*-1;;;;+4/p-2. The fraction of sp³-hybridized carbons (Fsp3) is 0.375. The van der Waals surface area contributed by atoms with Crippen LogP contribution in [0.2, 0.25) is 13.1 Å². The number of halogens is 2. The quantitative estimate of drug-likeness (QED) is 0.116. The van der Waals surface area contributed by atoms with Crippen molar-refractivity contribution in [1.29, 1.82) is 0 Å². The molecule has 2 fully saturated rings. The zero-order chi connectivity index (χ0) is 37.0. The van der Waals surface area contributed by atoms with E-state index in [0.29, 0.717) is 0 Å². The first-order chi connectivity index (χ1) is 25.2. The van der Waals surface area contributed by atoms with Crippen LogP contribution in [0.1, 0.15) is 84.7 Å². The van der Waals surface area contributed by atoms with Crippen LogP contribution >= 0.6 is 17.0 Å². The third-order valence-electron chi connectivity index (χ3n) is 10.7. The van der Waals surface area contributed by atoms with Gasteiger partial charge in [0, 0.05) is 9.52 Å². The van der Waals surface area contributed by atoms with E-state index < -0.39 is 20.8 Å². The predicted octanol–water partition coefficient (Wildman–Crippen LogP) is 15.3. The first-order valence-electron chi connectivity index (χ1n) is 19.3. The van der Waals surface area contributed by atoms with Crippen molar-refractivity contribution in [3.8, 4) is 22.3 Å². The van der Waals surface area contributed by atoms with Crippen molar-refractivity contribution in [2.75, 3.05) is 0 Å². The van der Waals surface area contributed by atoms with E-state index in [1.54, 1.807) is 0 Å². The molecule has 2 aliphatic carbocycles. The van der Waals surface area contributed by atoms with Crippen LogP contribution in [0.25, 0.3) is 43.8 Å². The van der Waals surface area contributed by atoms with Crippen LogP contribution in [0, 0.1) is 39.5 Å². The van der Waals surface area contributed by atoms with E-state index in [1.807, 2.05) is 0 Å². The van der Waals surface area contributed by atoms with Crippen LogP contribution in [0.15, 0.2) is 97.1 Å². The Kier molecular flexibility index (Phi) is 16.1. The van der Waals surface area contributed by atoms with Crippen molar-refractivity contribution < 1.29 is 20.8 Å². The van der Waals surface area contributed by atoms with Crippen molar-refractivity contribution in [3.05, 3.63) is 130 Å². The molecule has 0 atom stereocenters. The van der Waals surface area contributed by atoms with Gasteiger partial charge in [-0.05, 0) is 63.5 Å². The number of hydrogen-bond acceptors (Lipinski definition) is 0. The molecule has 0 saturated heterocycles. The molecular weight excluding hydrogens is 767 g/mol. The van der Waals surface area contributed by atoms with Gasteiger partial charge in [0.15, 0.2) is 0 Å². The van der Waals surface area contributed by atoms with Crippen LogP contribution < -0.4 is 0 Å². The van der Waals surface area contributed by atoms with Gasteiger partial charge in [0.1, 0.15) is 0 Å². The molecule has 0 nitrogen and oxygen atoms in total. The Labute approximate surface area is 335 Å². The van der Waals surface area contributed by atoms with Crippen molar-refractivity contribution in [1.82, 2.24) is 0 Å². The maximum atomic E-state index is 4.93. The molecule has 6 aromatic carbocycles. The van der Waals surface area contributed by atoms with E-state index in [2.05, 4.69) is 138 Å². The van der Waals surface area contributed by atoms with Gasteiger partial charge in [-0.2, -0.15) is 12.1 Å². The van der Waals surface area contributed by atoms with Crippen LogP contribution in [-0.2, 0) is 33.7 Å². The molecule has 52 heavy (non-hydrogen) atoms. The number of fused-ring (bicyclic) bond motifs is 2. The van der Waals surface area contributed by atoms with Crippen LogP contribution in [0.3, 0.4) is 0 Å². The fourth-order valence-electron chi connectivity index (χ4n) is 8.69. The van der Waals surface area contributed by atoms with E-state index in [4.69, 9.17) is 17.0 Å². The molecule has 270 valence electrons. The normalized spacial score (nSPS) is 14.3. The average Bonchev–Trinajstić information content (AvgIpc) is 3.93. The molecule has 8 rings (SSSR count). The van der Waals surface area contributed by atoms with Crippen molar-refractivity contribution in [3.63, 3.8) is 0 Å². The minimum atomic E-state index is -0.826. The van der Waals surface area contributed by atoms with Gasteiger partial charge in [-0.25, -0.2) is 0 Å². The molecule has 0 spiro atoms. The van der Waals surface area contributed by atoms with E-state index in [0.717, 1.165) is 21.4 Å². The first kappa shape index (κ1) is 41.0. The summed E-state index contributed by atoms with van der Waals surface area (Å²) in [6.45, 7) is 13.1. The van der Waals surface area contributed by atoms with E-state index in [9.17, 15) is 0 Å². The predicted molar refractivity (Wildman–Crippen MR) is 229 cm³/mol. The summed E-state index contributed by atoms with van der Waals surface area (Å²) in [5.74, 6) is 1.83. The maximum absolute atomic E-state index is 4.93. The van der Waals surface area contributed by atoms with Crippen LogP contribution in [-0.4, -0.2) is 9.52 Å². The van der Waals surface area contributed by atoms with Crippen molar-refractivity contribution >= 4 is 48.1 Å². The number of hydrogen-bond donors (Lipinski definition) is 0. The van der Waals surface area contributed by atoms with Gasteiger partial charge in [0.25, 0.3) is 0 Å². The topological polar surface area (TPSA) is 0 Å². The molecule has 0 unspecified atom stereocenters. The van der Waals surface area contributed by atoms with Gasteiger partial charge in [-0.1, -0.05) is 146 Å². The summed E-state index contributed by atoms with van der Waals surface area (Å²) in [7, 11) is 11.0. The third-order valence-corrected chi connectivity index (χ3v) is 10.7. The van der Waals surface area contributed by atoms with E-state index in [1.165, 1.54) is 141 Å². The molecule has 2 saturated carbocycles. The summed E-state index contributed by atoms with van der Waals surface area (Å²) in [6.07, 6.45) is 13.9. The molecule has 0 heterocycles. The van der Waals surface area contributed by atoms with Crippen molar-refractivity contribution in [2.45, 2.75) is 105 Å². The molecule has 2 radical (unpaired) electrons. The summed E-state index contributed by atoms with van der Waals surface area (Å²) in [5, 5.41) is 5.64. The zero-order valence-corrected chi connectivity index (χ0v) is 37.2. The molecule has 0 N–H and O–H groups in total. The zero-order valence-electron chi connectivity index (χ0n) is 32.2. The Hall–Kier alpha value is -2.22. The molecular formula is C48H56Cl2SiZr. The van der Waals surface area contributed by atoms with Crippen LogP contribution in [0.4, 0.5) is 0 Å². The molecule has 4 heteroatoms. The van der Waals surface area contributed by atoms with Gasteiger partial charge in [-0.15, -0.1) is 69.1 Å². The van der Waals surface area contributed by atoms with Gasteiger partial charge >= 0.3 is 37.9 Å². The summed E-state index contributed by atoms with van der Waals surface area (Å²) in [6, 6.07) is 36.9. The molecule has 0 aliphatic heterocycles. The molecule has 0 bridgehead atoms. The minimum absolute atomic E-state index is 0.826. The van der Waals surface area contributed by atoms with E-state index >= 15 is 0 Å². The Bertz CT molecular complexity index is 1820. The third kappa shape index (κ3) is 11.4. The Morgan fingerprint density at radius 1 is 0.558 bits per heavy atom. The second-order valence-corrected chi connectivity index (χ2v) is 20.1. The van der Waals surface area contributed by atoms with Gasteiger partial charge in [0.05, 0.1) is 0 Å². The molecule has 0 aromatic heterocycles. The summed E-state index contributed by atoms with van der Waals surface area (Å²) >= 11 is -0.826. The fourth-order valence-corrected chi connectivity index (χ4v) is 8.69. The second-order valence-electron chi connectivity index (χ2n) is 15.4. The van der Waals surface area contributed by atoms with E-state index in [-0.39, 0.29) is 0 Å². The van der Waals surface area contributed by atoms with Gasteiger partial charge in [0.2, 0.25) is 0 Å². The second kappa shape index (κ2) is 20.5. The summed E-state index contributed by atoms with van der Waals surface area (Å²) in [4.78, 5) is 0. The Balaban J connectivity index is 0.000000175. The van der Waals surface area contributed by atoms with Crippen LogP contribution in [0.5, 0.6) is 0 Å². The SMILES string of the molecule is C[Si]C.Cc1cc(C)cc(-c2cccc3[cH-]c(CC4CCCC4)cc23)c1.Cc1cc(C)cc(-c2cccc3[cH-]c(CC4CCCC4)cc23)c1.[Cl][Zr+2][Cl]. The monoisotopic (exact) mass is 820 g/mol. The van der Waals surface area contributed by atoms with Gasteiger partial charge in [-0.3, -0.25) is 0 Å².